The maximum Gasteiger partial charge on any atom is 0.154 e. The lowest BCUT2D eigenvalue weighted by molar-refractivity contribution is -0.120. The number of Topliss-reactive ketones (excluding diaryl/α,β-unsaturated/α-hetero) is 1. The lowest BCUT2D eigenvalue weighted by Crippen LogP contribution is -2.36. The molecule has 0 saturated carbocycles. The van der Waals surface area contributed by atoms with Crippen molar-refractivity contribution < 1.29 is 4.79 Å². The molecule has 0 aliphatic carbocycles. The predicted molar refractivity (Wildman–Crippen MR) is 67.3 cm³/mol. The summed E-state index contributed by atoms with van der Waals surface area (Å²) in [5.74, 6) is 0.335. The molecule has 0 spiro atoms. The van der Waals surface area contributed by atoms with Gasteiger partial charge >= 0.3 is 0 Å². The van der Waals surface area contributed by atoms with Crippen molar-refractivity contribution in [3.8, 4) is 0 Å². The fourth-order valence-corrected chi connectivity index (χ4v) is 1.58. The van der Waals surface area contributed by atoms with E-state index in [9.17, 15) is 4.79 Å². The van der Waals surface area contributed by atoms with Crippen molar-refractivity contribution in [3.05, 3.63) is 35.4 Å². The van der Waals surface area contributed by atoms with Crippen LogP contribution in [0.25, 0.3) is 0 Å². The molecule has 0 fully saturated rings. The Morgan fingerprint density at radius 2 is 1.69 bits per heavy atom. The van der Waals surface area contributed by atoms with E-state index in [2.05, 4.69) is 19.1 Å². The molecule has 2 N–H and O–H groups in total. The van der Waals surface area contributed by atoms with Crippen LogP contribution in [0.4, 0.5) is 0 Å². The van der Waals surface area contributed by atoms with Crippen LogP contribution in [0.1, 0.15) is 31.9 Å². The van der Waals surface area contributed by atoms with E-state index < -0.39 is 0 Å². The van der Waals surface area contributed by atoms with Crippen LogP contribution < -0.4 is 5.73 Å². The van der Waals surface area contributed by atoms with Crippen LogP contribution in [0.3, 0.4) is 0 Å². The van der Waals surface area contributed by atoms with Gasteiger partial charge in [-0.25, -0.2) is 0 Å². The smallest absolute Gasteiger partial charge is 0.154 e. The Kier molecular flexibility index (Phi) is 4.69. The second-order valence-corrected chi connectivity index (χ2v) is 4.58. The number of carbonyl (C=O) groups is 1. The minimum Gasteiger partial charge on any atom is -0.321 e. The maximum absolute atomic E-state index is 11.8. The van der Waals surface area contributed by atoms with E-state index >= 15 is 0 Å². The highest BCUT2D eigenvalue weighted by molar-refractivity contribution is 5.86. The number of ketones is 1. The fourth-order valence-electron chi connectivity index (χ4n) is 1.58. The predicted octanol–water partition coefficient (Wildman–Crippen LogP) is 2.34. The molecule has 1 aromatic carbocycles. The summed E-state index contributed by atoms with van der Waals surface area (Å²) in [7, 11) is 0. The van der Waals surface area contributed by atoms with E-state index in [1.165, 1.54) is 5.56 Å². The van der Waals surface area contributed by atoms with Crippen molar-refractivity contribution >= 4 is 5.78 Å². The molecule has 0 amide bonds. The third-order valence-electron chi connectivity index (χ3n) is 2.90. The Balaban J connectivity index is 2.62. The average molecular weight is 219 g/mol. The van der Waals surface area contributed by atoms with Gasteiger partial charge in [-0.3, -0.25) is 4.79 Å². The normalized spacial score (nSPS) is 12.8. The van der Waals surface area contributed by atoms with Crippen LogP contribution in [0.15, 0.2) is 24.3 Å². The zero-order chi connectivity index (χ0) is 12.1. The topological polar surface area (TPSA) is 43.1 Å². The molecule has 0 radical (unpaired) electrons. The van der Waals surface area contributed by atoms with Crippen molar-refractivity contribution in [1.82, 2.24) is 0 Å². The lowest BCUT2D eigenvalue weighted by Gasteiger charge is -2.14. The number of rotatable bonds is 5. The molecule has 0 saturated heterocycles. The summed E-state index contributed by atoms with van der Waals surface area (Å²) in [5.41, 5.74) is 8.16. The number of nitrogens with two attached hydrogens (primary N) is 1. The van der Waals surface area contributed by atoms with Crippen molar-refractivity contribution in [3.63, 3.8) is 0 Å². The highest BCUT2D eigenvalue weighted by Gasteiger charge is 2.17. The van der Waals surface area contributed by atoms with E-state index in [0.29, 0.717) is 6.42 Å². The zero-order valence-electron chi connectivity index (χ0n) is 10.4. The molecule has 1 aromatic rings. The first kappa shape index (κ1) is 12.9. The summed E-state index contributed by atoms with van der Waals surface area (Å²) in [4.78, 5) is 11.8. The zero-order valence-corrected chi connectivity index (χ0v) is 10.4. The minimum absolute atomic E-state index is 0.124. The monoisotopic (exact) mass is 219 g/mol. The lowest BCUT2D eigenvalue weighted by atomic mass is 9.96. The van der Waals surface area contributed by atoms with Gasteiger partial charge in [-0.1, -0.05) is 45.0 Å². The number of carbonyl (C=O) groups excluding carboxylic acids is 1. The minimum atomic E-state index is -0.342. The van der Waals surface area contributed by atoms with Gasteiger partial charge < -0.3 is 5.73 Å². The van der Waals surface area contributed by atoms with Gasteiger partial charge in [0.15, 0.2) is 5.78 Å². The Morgan fingerprint density at radius 1 is 1.19 bits per heavy atom. The van der Waals surface area contributed by atoms with Crippen molar-refractivity contribution in [2.24, 2.45) is 11.7 Å². The summed E-state index contributed by atoms with van der Waals surface area (Å²) < 4.78 is 0. The van der Waals surface area contributed by atoms with Gasteiger partial charge in [-0.05, 0) is 23.5 Å². The summed E-state index contributed by atoms with van der Waals surface area (Å²) in [6, 6.07) is 7.84. The Hall–Kier alpha value is -1.15. The van der Waals surface area contributed by atoms with Gasteiger partial charge in [0.1, 0.15) is 0 Å². The van der Waals surface area contributed by atoms with Crippen LogP contribution >= 0.6 is 0 Å². The van der Waals surface area contributed by atoms with Crippen LogP contribution in [0.2, 0.25) is 0 Å². The molecule has 2 heteroatoms. The maximum atomic E-state index is 11.8. The molecular formula is C14H21NO. The van der Waals surface area contributed by atoms with Crippen LogP contribution in [0, 0.1) is 5.92 Å². The second-order valence-electron chi connectivity index (χ2n) is 4.58. The molecule has 16 heavy (non-hydrogen) atoms. The van der Waals surface area contributed by atoms with E-state index in [-0.39, 0.29) is 17.7 Å². The first-order valence-corrected chi connectivity index (χ1v) is 5.90. The fraction of sp³-hybridized carbons (Fsp3) is 0.500. The Labute approximate surface area is 97.9 Å². The third kappa shape index (κ3) is 3.46. The van der Waals surface area contributed by atoms with Gasteiger partial charge in [-0.15, -0.1) is 0 Å². The van der Waals surface area contributed by atoms with E-state index in [1.807, 2.05) is 26.0 Å². The number of benzene rings is 1. The number of hydrogen-bond donors (Lipinski definition) is 1. The van der Waals surface area contributed by atoms with E-state index in [1.54, 1.807) is 0 Å². The van der Waals surface area contributed by atoms with E-state index in [0.717, 1.165) is 12.0 Å². The van der Waals surface area contributed by atoms with Crippen molar-refractivity contribution in [1.29, 1.82) is 0 Å². The highest BCUT2D eigenvalue weighted by atomic mass is 16.1. The Morgan fingerprint density at radius 3 is 2.12 bits per heavy atom. The molecule has 88 valence electrons. The number of hydrogen-bond acceptors (Lipinski definition) is 2. The molecule has 0 aliphatic heterocycles. The summed E-state index contributed by atoms with van der Waals surface area (Å²) in [6.07, 6.45) is 1.48. The van der Waals surface area contributed by atoms with Gasteiger partial charge in [0.05, 0.1) is 6.04 Å². The standard InChI is InChI=1S/C14H21NO/c1-4-11-5-7-12(8-6-11)9-13(16)14(15)10(2)3/h5-8,10,14H,4,9,15H2,1-3H3. The molecule has 1 unspecified atom stereocenters. The molecule has 1 rings (SSSR count). The summed E-state index contributed by atoms with van der Waals surface area (Å²) in [5, 5.41) is 0. The van der Waals surface area contributed by atoms with Crippen molar-refractivity contribution in [2.45, 2.75) is 39.7 Å². The van der Waals surface area contributed by atoms with Crippen LogP contribution in [0.5, 0.6) is 0 Å². The molecule has 0 bridgehead atoms. The third-order valence-corrected chi connectivity index (χ3v) is 2.90. The molecule has 1 atom stereocenters. The number of aryl methyl sites for hydroxylation is 1. The summed E-state index contributed by atoms with van der Waals surface area (Å²) >= 11 is 0. The SMILES string of the molecule is CCc1ccc(CC(=O)C(N)C(C)C)cc1. The molecule has 0 aromatic heterocycles. The molecular weight excluding hydrogens is 198 g/mol. The van der Waals surface area contributed by atoms with E-state index in [4.69, 9.17) is 5.73 Å². The quantitative estimate of drug-likeness (QED) is 0.826. The highest BCUT2D eigenvalue weighted by Crippen LogP contribution is 2.09. The largest absolute Gasteiger partial charge is 0.321 e. The summed E-state index contributed by atoms with van der Waals surface area (Å²) in [6.45, 7) is 6.07. The first-order valence-electron chi connectivity index (χ1n) is 5.90. The van der Waals surface area contributed by atoms with Gasteiger partial charge in [-0.2, -0.15) is 0 Å². The van der Waals surface area contributed by atoms with Crippen molar-refractivity contribution in [2.75, 3.05) is 0 Å². The van der Waals surface area contributed by atoms with Gasteiger partial charge in [0, 0.05) is 6.42 Å². The molecule has 0 aliphatic rings. The van der Waals surface area contributed by atoms with Crippen LogP contribution in [-0.4, -0.2) is 11.8 Å². The average Bonchev–Trinajstić information content (AvgIpc) is 2.28. The second kappa shape index (κ2) is 5.80. The molecule has 0 heterocycles. The van der Waals surface area contributed by atoms with Gasteiger partial charge in [0.25, 0.3) is 0 Å². The molecule has 2 nitrogen and oxygen atoms in total. The van der Waals surface area contributed by atoms with Crippen LogP contribution in [-0.2, 0) is 17.6 Å². The Bertz CT molecular complexity index is 340. The first-order chi connectivity index (χ1) is 7.54. The van der Waals surface area contributed by atoms with Gasteiger partial charge in [0.2, 0.25) is 0 Å².